The van der Waals surface area contributed by atoms with Crippen LogP contribution in [0.5, 0.6) is 0 Å². The summed E-state index contributed by atoms with van der Waals surface area (Å²) < 4.78 is 43.5. The highest BCUT2D eigenvalue weighted by Gasteiger charge is 2.39. The lowest BCUT2D eigenvalue weighted by Gasteiger charge is -2.33. The lowest BCUT2D eigenvalue weighted by atomic mass is 9.98. The van der Waals surface area contributed by atoms with E-state index in [2.05, 4.69) is 25.1 Å². The Morgan fingerprint density at radius 3 is 2.84 bits per heavy atom. The fourth-order valence-corrected chi connectivity index (χ4v) is 5.02. The van der Waals surface area contributed by atoms with Crippen LogP contribution < -0.4 is 0 Å². The molecule has 1 amide bonds. The SMILES string of the molecule is CN(C)CCc1ccc2c(C(=O)N3CCc4[nH]cnc4C3c3cc4cccc(C(F)(F)F)n4n3)cnn2c1. The summed E-state index contributed by atoms with van der Waals surface area (Å²) in [7, 11) is 4.02. The van der Waals surface area contributed by atoms with E-state index in [1.165, 1.54) is 18.6 Å². The number of carbonyl (C=O) groups is 1. The topological polar surface area (TPSA) is 86.8 Å². The van der Waals surface area contributed by atoms with E-state index in [1.807, 2.05) is 32.4 Å². The van der Waals surface area contributed by atoms with E-state index < -0.39 is 17.9 Å². The maximum Gasteiger partial charge on any atom is 0.433 e. The molecule has 0 saturated carbocycles. The number of H-pyrrole nitrogens is 1. The van der Waals surface area contributed by atoms with Gasteiger partial charge in [0.25, 0.3) is 5.91 Å². The second-order valence-electron chi connectivity index (χ2n) is 9.71. The number of alkyl halides is 3. The zero-order valence-electron chi connectivity index (χ0n) is 20.8. The molecule has 0 fully saturated rings. The van der Waals surface area contributed by atoms with Crippen LogP contribution >= 0.6 is 0 Å². The van der Waals surface area contributed by atoms with E-state index in [9.17, 15) is 18.0 Å². The number of hydrogen-bond acceptors (Lipinski definition) is 5. The third-order valence-electron chi connectivity index (χ3n) is 6.92. The van der Waals surface area contributed by atoms with Crippen LogP contribution in [0.3, 0.4) is 0 Å². The molecule has 1 atom stereocenters. The maximum atomic E-state index is 13.9. The Morgan fingerprint density at radius 2 is 2.05 bits per heavy atom. The number of halogens is 3. The van der Waals surface area contributed by atoms with Gasteiger partial charge in [0.2, 0.25) is 0 Å². The molecule has 0 aliphatic carbocycles. The van der Waals surface area contributed by atoms with Gasteiger partial charge in [0, 0.05) is 31.4 Å². The molecule has 5 aromatic heterocycles. The number of pyridine rings is 2. The summed E-state index contributed by atoms with van der Waals surface area (Å²) in [4.78, 5) is 25.2. The van der Waals surface area contributed by atoms with Gasteiger partial charge in [-0.15, -0.1) is 0 Å². The molecule has 12 heteroatoms. The fourth-order valence-electron chi connectivity index (χ4n) is 5.02. The van der Waals surface area contributed by atoms with Crippen LogP contribution in [0, 0.1) is 0 Å². The van der Waals surface area contributed by atoms with Gasteiger partial charge in [-0.1, -0.05) is 12.1 Å². The zero-order chi connectivity index (χ0) is 26.6. The second-order valence-corrected chi connectivity index (χ2v) is 9.71. The molecule has 1 unspecified atom stereocenters. The van der Waals surface area contributed by atoms with Gasteiger partial charge in [-0.05, 0) is 50.3 Å². The number of rotatable bonds is 5. The number of aromatic amines is 1. The highest BCUT2D eigenvalue weighted by molar-refractivity contribution is 6.01. The number of imidazole rings is 1. The summed E-state index contributed by atoms with van der Waals surface area (Å²) in [5, 5.41) is 8.74. The number of hydrogen-bond donors (Lipinski definition) is 1. The third-order valence-corrected chi connectivity index (χ3v) is 6.92. The Labute approximate surface area is 215 Å². The van der Waals surface area contributed by atoms with Crippen LogP contribution in [0.1, 0.15) is 44.7 Å². The molecule has 0 spiro atoms. The molecular formula is C26H25F3N8O. The Hall–Kier alpha value is -4.19. The van der Waals surface area contributed by atoms with Gasteiger partial charge in [-0.3, -0.25) is 4.79 Å². The van der Waals surface area contributed by atoms with Gasteiger partial charge in [-0.25, -0.2) is 14.0 Å². The minimum Gasteiger partial charge on any atom is -0.348 e. The minimum absolute atomic E-state index is 0.283. The lowest BCUT2D eigenvalue weighted by molar-refractivity contribution is -0.142. The first-order valence-electron chi connectivity index (χ1n) is 12.2. The van der Waals surface area contributed by atoms with Crippen LogP contribution in [0.2, 0.25) is 0 Å². The number of carbonyl (C=O) groups excluding carboxylic acids is 1. The molecule has 6 rings (SSSR count). The molecule has 0 aromatic carbocycles. The predicted molar refractivity (Wildman–Crippen MR) is 133 cm³/mol. The maximum absolute atomic E-state index is 13.9. The quantitative estimate of drug-likeness (QED) is 0.381. The molecule has 5 aromatic rings. The molecule has 0 bridgehead atoms. The summed E-state index contributed by atoms with van der Waals surface area (Å²) in [6.45, 7) is 1.23. The zero-order valence-corrected chi connectivity index (χ0v) is 20.8. The van der Waals surface area contributed by atoms with Crippen molar-refractivity contribution in [3.63, 3.8) is 0 Å². The number of likely N-dealkylation sites (N-methyl/N-ethyl adjacent to an activating group) is 1. The molecule has 1 aliphatic heterocycles. The summed E-state index contributed by atoms with van der Waals surface area (Å²) in [5.74, 6) is -0.284. The summed E-state index contributed by atoms with van der Waals surface area (Å²) >= 11 is 0. The molecule has 6 heterocycles. The number of nitrogens with one attached hydrogen (secondary N) is 1. The minimum atomic E-state index is -4.58. The van der Waals surface area contributed by atoms with Crippen LogP contribution in [0.15, 0.2) is 55.1 Å². The van der Waals surface area contributed by atoms with Gasteiger partial charge < -0.3 is 14.8 Å². The lowest BCUT2D eigenvalue weighted by Crippen LogP contribution is -2.41. The van der Waals surface area contributed by atoms with Gasteiger partial charge in [0.05, 0.1) is 40.5 Å². The van der Waals surface area contributed by atoms with Crippen molar-refractivity contribution in [2.24, 2.45) is 0 Å². The van der Waals surface area contributed by atoms with Gasteiger partial charge >= 0.3 is 6.18 Å². The highest BCUT2D eigenvalue weighted by atomic mass is 19.4. The molecule has 0 radical (unpaired) electrons. The van der Waals surface area contributed by atoms with E-state index in [4.69, 9.17) is 0 Å². The fraction of sp³-hybridized carbons (Fsp3) is 0.308. The van der Waals surface area contributed by atoms with Crippen molar-refractivity contribution in [1.29, 1.82) is 0 Å². The summed E-state index contributed by atoms with van der Waals surface area (Å²) in [5.41, 5.74) is 3.27. The second kappa shape index (κ2) is 8.98. The van der Waals surface area contributed by atoms with E-state index in [-0.39, 0.29) is 11.4 Å². The Balaban J connectivity index is 1.40. The first-order valence-corrected chi connectivity index (χ1v) is 12.2. The average molecular weight is 523 g/mol. The van der Waals surface area contributed by atoms with Crippen LogP contribution in [0.25, 0.3) is 11.0 Å². The molecule has 1 N–H and O–H groups in total. The van der Waals surface area contributed by atoms with Crippen LogP contribution in [-0.2, 0) is 19.0 Å². The van der Waals surface area contributed by atoms with E-state index >= 15 is 0 Å². The Kier molecular flexibility index (Phi) is 5.71. The van der Waals surface area contributed by atoms with Gasteiger partial charge in [0.15, 0.2) is 0 Å². The predicted octanol–water partition coefficient (Wildman–Crippen LogP) is 3.62. The standard InChI is InChI=1S/C26H25F3N8O/c1-34(2)10-8-16-6-7-21-18(13-32-36(21)14-16)25(38)35-11-9-19-23(31-15-30-19)24(35)20-12-17-4-3-5-22(26(27,28)29)37(17)33-20/h3-7,12-15,24H,8-11H2,1-2H3,(H,30,31). The van der Waals surface area contributed by atoms with Crippen LogP contribution in [0.4, 0.5) is 13.2 Å². The monoisotopic (exact) mass is 522 g/mol. The Bertz CT molecular complexity index is 1650. The number of fused-ring (bicyclic) bond motifs is 3. The normalized spacial score (nSPS) is 16.1. The van der Waals surface area contributed by atoms with E-state index in [1.54, 1.807) is 21.5 Å². The summed E-state index contributed by atoms with van der Waals surface area (Å²) in [6, 6.07) is 8.58. The van der Waals surface area contributed by atoms with Crippen molar-refractivity contribution in [3.05, 3.63) is 89.0 Å². The number of amides is 1. The van der Waals surface area contributed by atoms with Crippen molar-refractivity contribution in [3.8, 4) is 0 Å². The number of aromatic nitrogens is 6. The van der Waals surface area contributed by atoms with E-state index in [0.29, 0.717) is 35.4 Å². The van der Waals surface area contributed by atoms with E-state index in [0.717, 1.165) is 34.8 Å². The van der Waals surface area contributed by atoms with Crippen molar-refractivity contribution in [2.45, 2.75) is 25.1 Å². The van der Waals surface area contributed by atoms with Crippen molar-refractivity contribution >= 4 is 16.9 Å². The Morgan fingerprint density at radius 1 is 1.21 bits per heavy atom. The first kappa shape index (κ1) is 24.2. The third kappa shape index (κ3) is 4.10. The molecule has 196 valence electrons. The van der Waals surface area contributed by atoms with Gasteiger partial charge in [-0.2, -0.15) is 23.4 Å². The highest BCUT2D eigenvalue weighted by Crippen LogP contribution is 2.36. The average Bonchev–Trinajstić information content (AvgIpc) is 3.62. The smallest absolute Gasteiger partial charge is 0.348 e. The number of nitrogens with zero attached hydrogens (tertiary/aromatic N) is 7. The van der Waals surface area contributed by atoms with Gasteiger partial charge in [0.1, 0.15) is 11.7 Å². The van der Waals surface area contributed by atoms with Crippen molar-refractivity contribution in [1.82, 2.24) is 39.0 Å². The largest absolute Gasteiger partial charge is 0.433 e. The molecule has 38 heavy (non-hydrogen) atoms. The van der Waals surface area contributed by atoms with Crippen molar-refractivity contribution < 1.29 is 18.0 Å². The van der Waals surface area contributed by atoms with Crippen LogP contribution in [-0.4, -0.2) is 72.1 Å². The molecular weight excluding hydrogens is 497 g/mol. The molecule has 0 saturated heterocycles. The van der Waals surface area contributed by atoms with Crippen molar-refractivity contribution in [2.75, 3.05) is 27.2 Å². The molecule has 1 aliphatic rings. The first-order chi connectivity index (χ1) is 18.2. The molecule has 9 nitrogen and oxygen atoms in total. The summed E-state index contributed by atoms with van der Waals surface area (Å²) in [6.07, 6.45) is 1.78.